The van der Waals surface area contributed by atoms with Crippen LogP contribution in [-0.2, 0) is 20.9 Å². The van der Waals surface area contributed by atoms with Crippen LogP contribution in [0.3, 0.4) is 0 Å². The van der Waals surface area contributed by atoms with Crippen LogP contribution in [0.2, 0.25) is 0 Å². The Balaban J connectivity index is 1.69. The molecule has 2 heterocycles. The number of hydrogen-bond donors (Lipinski definition) is 0. The molecule has 0 spiro atoms. The second-order valence-electron chi connectivity index (χ2n) is 6.39. The van der Waals surface area contributed by atoms with Crippen molar-refractivity contribution in [2.24, 2.45) is 5.92 Å². The number of amides is 1. The van der Waals surface area contributed by atoms with Gasteiger partial charge in [0.05, 0.1) is 13.2 Å². The molecule has 0 aromatic heterocycles. The van der Waals surface area contributed by atoms with Crippen molar-refractivity contribution in [2.75, 3.05) is 43.5 Å². The Kier molecular flexibility index (Phi) is 5.92. The van der Waals surface area contributed by atoms with Crippen LogP contribution < -0.4 is 4.90 Å². The predicted octanol–water partition coefficient (Wildman–Crippen LogP) is 2.15. The van der Waals surface area contributed by atoms with Gasteiger partial charge >= 0.3 is 0 Å². The van der Waals surface area contributed by atoms with E-state index in [1.165, 1.54) is 17.3 Å². The molecule has 1 unspecified atom stereocenters. The van der Waals surface area contributed by atoms with Gasteiger partial charge in [0, 0.05) is 51.0 Å². The van der Waals surface area contributed by atoms with E-state index in [4.69, 9.17) is 4.74 Å². The second-order valence-corrected chi connectivity index (χ2v) is 7.59. The molecule has 3 rings (SSSR count). The SMILES string of the molecule is CC(=O)SCC1CC(=O)N(c2ccccc2CN2CCOCC2)C1. The van der Waals surface area contributed by atoms with Crippen LogP contribution in [0.4, 0.5) is 5.69 Å². The molecule has 0 bridgehead atoms. The summed E-state index contributed by atoms with van der Waals surface area (Å²) in [5.41, 5.74) is 2.21. The van der Waals surface area contributed by atoms with Gasteiger partial charge in [0.25, 0.3) is 0 Å². The molecule has 2 saturated heterocycles. The smallest absolute Gasteiger partial charge is 0.227 e. The number of morpholine rings is 1. The van der Waals surface area contributed by atoms with Gasteiger partial charge < -0.3 is 9.64 Å². The molecule has 1 aromatic carbocycles. The van der Waals surface area contributed by atoms with E-state index < -0.39 is 0 Å². The third kappa shape index (κ3) is 4.37. The normalized spacial score (nSPS) is 22.1. The minimum absolute atomic E-state index is 0.119. The second kappa shape index (κ2) is 8.14. The lowest BCUT2D eigenvalue weighted by Gasteiger charge is -2.29. The fraction of sp³-hybridized carbons (Fsp3) is 0.556. The number of thioether (sulfide) groups is 1. The van der Waals surface area contributed by atoms with Crippen LogP contribution in [0.5, 0.6) is 0 Å². The minimum atomic E-state index is 0.119. The van der Waals surface area contributed by atoms with E-state index in [0.29, 0.717) is 13.0 Å². The number of hydrogen-bond acceptors (Lipinski definition) is 5. The number of carbonyl (C=O) groups excluding carboxylic acids is 2. The van der Waals surface area contributed by atoms with Crippen LogP contribution in [0, 0.1) is 5.92 Å². The van der Waals surface area contributed by atoms with E-state index >= 15 is 0 Å². The first-order chi connectivity index (χ1) is 11.6. The summed E-state index contributed by atoms with van der Waals surface area (Å²) >= 11 is 1.32. The molecule has 2 aliphatic heterocycles. The molecule has 130 valence electrons. The fourth-order valence-electron chi connectivity index (χ4n) is 3.27. The summed E-state index contributed by atoms with van der Waals surface area (Å²) in [7, 11) is 0. The van der Waals surface area contributed by atoms with Crippen LogP contribution in [-0.4, -0.2) is 54.5 Å². The van der Waals surface area contributed by atoms with Crippen molar-refractivity contribution in [1.82, 2.24) is 4.90 Å². The van der Waals surface area contributed by atoms with Crippen molar-refractivity contribution < 1.29 is 14.3 Å². The molecule has 2 fully saturated rings. The summed E-state index contributed by atoms with van der Waals surface area (Å²) in [6, 6.07) is 8.16. The Hall–Kier alpha value is -1.37. The Labute approximate surface area is 147 Å². The third-order valence-corrected chi connectivity index (χ3v) is 5.55. The van der Waals surface area contributed by atoms with Gasteiger partial charge in [-0.2, -0.15) is 0 Å². The fourth-order valence-corrected chi connectivity index (χ4v) is 3.96. The zero-order valence-corrected chi connectivity index (χ0v) is 14.9. The van der Waals surface area contributed by atoms with E-state index in [9.17, 15) is 9.59 Å². The summed E-state index contributed by atoms with van der Waals surface area (Å²) in [5.74, 6) is 1.14. The maximum absolute atomic E-state index is 12.5. The Morgan fingerprint density at radius 3 is 2.79 bits per heavy atom. The average Bonchev–Trinajstić information content (AvgIpc) is 2.95. The number of para-hydroxylation sites is 1. The van der Waals surface area contributed by atoms with Crippen molar-refractivity contribution in [1.29, 1.82) is 0 Å². The molecule has 2 aliphatic rings. The van der Waals surface area contributed by atoms with Gasteiger partial charge in [0.2, 0.25) is 5.91 Å². The summed E-state index contributed by atoms with van der Waals surface area (Å²) in [4.78, 5) is 27.9. The lowest BCUT2D eigenvalue weighted by Crippen LogP contribution is -2.36. The van der Waals surface area contributed by atoms with Crippen LogP contribution in [0.1, 0.15) is 18.9 Å². The molecule has 6 heteroatoms. The Bertz CT molecular complexity index is 602. The van der Waals surface area contributed by atoms with E-state index in [2.05, 4.69) is 11.0 Å². The van der Waals surface area contributed by atoms with Crippen molar-refractivity contribution in [3.63, 3.8) is 0 Å². The number of carbonyl (C=O) groups is 2. The lowest BCUT2D eigenvalue weighted by atomic mass is 10.1. The molecule has 0 N–H and O–H groups in total. The highest BCUT2D eigenvalue weighted by molar-refractivity contribution is 8.13. The quantitative estimate of drug-likeness (QED) is 0.816. The summed E-state index contributed by atoms with van der Waals surface area (Å²) in [5, 5.41) is 0.119. The zero-order chi connectivity index (χ0) is 16.9. The standard InChI is InChI=1S/C18H24N2O3S/c1-14(21)24-13-15-10-18(22)20(11-15)17-5-3-2-4-16(17)12-19-6-8-23-9-7-19/h2-5,15H,6-13H2,1H3. The predicted molar refractivity (Wildman–Crippen MR) is 96.1 cm³/mol. The molecule has 0 saturated carbocycles. The average molecular weight is 348 g/mol. The van der Waals surface area contributed by atoms with Crippen molar-refractivity contribution in [3.05, 3.63) is 29.8 Å². The molecule has 0 aliphatic carbocycles. The first kappa shape index (κ1) is 17.5. The summed E-state index contributed by atoms with van der Waals surface area (Å²) < 4.78 is 5.41. The molecule has 5 nitrogen and oxygen atoms in total. The van der Waals surface area contributed by atoms with Crippen LogP contribution in [0.25, 0.3) is 0 Å². The van der Waals surface area contributed by atoms with Crippen molar-refractivity contribution in [3.8, 4) is 0 Å². The first-order valence-electron chi connectivity index (χ1n) is 8.45. The molecular weight excluding hydrogens is 324 g/mol. The molecular formula is C18H24N2O3S. The van der Waals surface area contributed by atoms with Crippen molar-refractivity contribution >= 4 is 28.5 Å². The topological polar surface area (TPSA) is 49.9 Å². The van der Waals surface area contributed by atoms with Gasteiger partial charge in [-0.1, -0.05) is 30.0 Å². The highest BCUT2D eigenvalue weighted by Crippen LogP contribution is 2.30. The van der Waals surface area contributed by atoms with Gasteiger partial charge in [-0.3, -0.25) is 14.5 Å². The Morgan fingerprint density at radius 2 is 2.04 bits per heavy atom. The molecule has 1 amide bonds. The Morgan fingerprint density at radius 1 is 1.29 bits per heavy atom. The highest BCUT2D eigenvalue weighted by atomic mass is 32.2. The third-order valence-electron chi connectivity index (χ3n) is 4.51. The van der Waals surface area contributed by atoms with Gasteiger partial charge in [-0.25, -0.2) is 0 Å². The number of benzene rings is 1. The number of ether oxygens (including phenoxy) is 1. The largest absolute Gasteiger partial charge is 0.379 e. The molecule has 1 atom stereocenters. The molecule has 24 heavy (non-hydrogen) atoms. The minimum Gasteiger partial charge on any atom is -0.379 e. The molecule has 1 aromatic rings. The zero-order valence-electron chi connectivity index (χ0n) is 14.1. The van der Waals surface area contributed by atoms with Gasteiger partial charge in [-0.05, 0) is 17.5 Å². The number of nitrogens with zero attached hydrogens (tertiary/aromatic N) is 2. The van der Waals surface area contributed by atoms with E-state index in [0.717, 1.165) is 44.3 Å². The van der Waals surface area contributed by atoms with E-state index in [-0.39, 0.29) is 16.9 Å². The van der Waals surface area contributed by atoms with E-state index in [1.54, 1.807) is 6.92 Å². The number of rotatable bonds is 5. The van der Waals surface area contributed by atoms with Crippen LogP contribution >= 0.6 is 11.8 Å². The summed E-state index contributed by atoms with van der Waals surface area (Å²) in [6.07, 6.45) is 0.534. The maximum Gasteiger partial charge on any atom is 0.227 e. The first-order valence-corrected chi connectivity index (χ1v) is 9.44. The van der Waals surface area contributed by atoms with Crippen LogP contribution in [0.15, 0.2) is 24.3 Å². The van der Waals surface area contributed by atoms with Gasteiger partial charge in [-0.15, -0.1) is 0 Å². The van der Waals surface area contributed by atoms with Gasteiger partial charge in [0.1, 0.15) is 0 Å². The number of anilines is 1. The highest BCUT2D eigenvalue weighted by Gasteiger charge is 2.32. The molecule has 0 radical (unpaired) electrons. The maximum atomic E-state index is 12.5. The summed E-state index contributed by atoms with van der Waals surface area (Å²) in [6.45, 7) is 6.54. The lowest BCUT2D eigenvalue weighted by molar-refractivity contribution is -0.117. The van der Waals surface area contributed by atoms with E-state index in [1.807, 2.05) is 23.1 Å². The van der Waals surface area contributed by atoms with Gasteiger partial charge in [0.15, 0.2) is 5.12 Å². The monoisotopic (exact) mass is 348 g/mol. The van der Waals surface area contributed by atoms with Crippen molar-refractivity contribution in [2.45, 2.75) is 19.9 Å².